The maximum absolute atomic E-state index is 9.32. The van der Waals surface area contributed by atoms with E-state index in [1.165, 1.54) is 0 Å². The van der Waals surface area contributed by atoms with Gasteiger partial charge in [-0.3, -0.25) is 0 Å². The van der Waals surface area contributed by atoms with Crippen LogP contribution >= 0.6 is 0 Å². The van der Waals surface area contributed by atoms with Gasteiger partial charge in [-0.1, -0.05) is 11.8 Å². The Kier molecular flexibility index (Phi) is 6.53. The Bertz CT molecular complexity index is 392. The lowest BCUT2D eigenvalue weighted by atomic mass is 9.77. The highest BCUT2D eigenvalue weighted by Crippen LogP contribution is 2.31. The fourth-order valence-corrected chi connectivity index (χ4v) is 2.60. The fourth-order valence-electron chi connectivity index (χ4n) is 2.60. The minimum Gasteiger partial charge on any atom is -0.368 e. The van der Waals surface area contributed by atoms with Crippen LogP contribution in [0.2, 0.25) is 0 Å². The third kappa shape index (κ3) is 5.95. The van der Waals surface area contributed by atoms with Crippen molar-refractivity contribution in [2.75, 3.05) is 27.3 Å². The van der Waals surface area contributed by atoms with Crippen molar-refractivity contribution in [3.63, 3.8) is 0 Å². The summed E-state index contributed by atoms with van der Waals surface area (Å²) in [4.78, 5) is 2.23. The van der Waals surface area contributed by atoms with E-state index in [0.717, 1.165) is 19.3 Å². The van der Waals surface area contributed by atoms with Crippen molar-refractivity contribution in [1.82, 2.24) is 4.90 Å². The molecule has 0 radical (unpaired) electrons. The Labute approximate surface area is 124 Å². The van der Waals surface area contributed by atoms with Gasteiger partial charge in [0.25, 0.3) is 0 Å². The molecule has 20 heavy (non-hydrogen) atoms. The van der Waals surface area contributed by atoms with E-state index in [9.17, 15) is 5.26 Å². The van der Waals surface area contributed by atoms with Gasteiger partial charge in [0.2, 0.25) is 0 Å². The lowest BCUT2D eigenvalue weighted by molar-refractivity contribution is 0.0700. The Morgan fingerprint density at radius 2 is 1.95 bits per heavy atom. The molecule has 1 saturated carbocycles. The molecule has 3 nitrogen and oxygen atoms in total. The monoisotopic (exact) mass is 276 g/mol. The SMILES string of the molecule is CN(C)C1CCC(COCC#CC(C)(C)C)C(C#N)C1. The van der Waals surface area contributed by atoms with E-state index in [0.29, 0.717) is 25.2 Å². The second-order valence-electron chi connectivity index (χ2n) is 6.99. The van der Waals surface area contributed by atoms with Crippen LogP contribution in [0.5, 0.6) is 0 Å². The van der Waals surface area contributed by atoms with Gasteiger partial charge in [-0.05, 0) is 60.0 Å². The van der Waals surface area contributed by atoms with Gasteiger partial charge >= 0.3 is 0 Å². The van der Waals surface area contributed by atoms with Crippen LogP contribution in [0.4, 0.5) is 0 Å². The molecule has 0 aromatic heterocycles. The van der Waals surface area contributed by atoms with Crippen molar-refractivity contribution in [2.24, 2.45) is 17.3 Å². The molecule has 112 valence electrons. The first-order valence-electron chi connectivity index (χ1n) is 7.47. The van der Waals surface area contributed by atoms with Gasteiger partial charge in [0.1, 0.15) is 6.61 Å². The molecule has 0 aromatic carbocycles. The molecule has 1 rings (SSSR count). The minimum absolute atomic E-state index is 0.0301. The highest BCUT2D eigenvalue weighted by atomic mass is 16.5. The smallest absolute Gasteiger partial charge is 0.107 e. The third-order valence-electron chi connectivity index (χ3n) is 3.83. The van der Waals surface area contributed by atoms with Crippen LogP contribution in [0.1, 0.15) is 40.0 Å². The summed E-state index contributed by atoms with van der Waals surface area (Å²) in [6, 6.07) is 3.00. The van der Waals surface area contributed by atoms with Gasteiger partial charge in [-0.15, -0.1) is 0 Å². The van der Waals surface area contributed by atoms with Gasteiger partial charge in [-0.25, -0.2) is 0 Å². The van der Waals surface area contributed by atoms with E-state index in [-0.39, 0.29) is 11.3 Å². The van der Waals surface area contributed by atoms with Crippen LogP contribution in [0.25, 0.3) is 0 Å². The third-order valence-corrected chi connectivity index (χ3v) is 3.83. The van der Waals surface area contributed by atoms with E-state index >= 15 is 0 Å². The molecule has 1 fully saturated rings. The zero-order chi connectivity index (χ0) is 15.2. The summed E-state index contributed by atoms with van der Waals surface area (Å²) in [6.45, 7) is 7.41. The predicted octanol–water partition coefficient (Wildman–Crippen LogP) is 2.92. The molecule has 0 amide bonds. The quantitative estimate of drug-likeness (QED) is 0.585. The summed E-state index contributed by atoms with van der Waals surface area (Å²) >= 11 is 0. The molecule has 0 N–H and O–H groups in total. The second-order valence-corrected chi connectivity index (χ2v) is 6.99. The number of nitriles is 1. The standard InChI is InChI=1S/C17H28N2O/c1-17(2,3)9-6-10-20-13-14-7-8-16(19(4)5)11-15(14)12-18/h14-16H,7-8,10-11,13H2,1-5H3. The predicted molar refractivity (Wildman–Crippen MR) is 82.0 cm³/mol. The molecule has 0 saturated heterocycles. The Balaban J connectivity index is 2.37. The Hall–Kier alpha value is -1.03. The van der Waals surface area contributed by atoms with E-state index in [2.05, 4.69) is 57.7 Å². The number of hydrogen-bond acceptors (Lipinski definition) is 3. The normalized spacial score (nSPS) is 26.8. The first-order chi connectivity index (χ1) is 9.33. The summed E-state index contributed by atoms with van der Waals surface area (Å²) in [6.07, 6.45) is 3.20. The summed E-state index contributed by atoms with van der Waals surface area (Å²) < 4.78 is 5.66. The summed E-state index contributed by atoms with van der Waals surface area (Å²) in [5.74, 6) is 6.71. The van der Waals surface area contributed by atoms with Crippen LogP contribution in [0, 0.1) is 40.4 Å². The van der Waals surface area contributed by atoms with Crippen molar-refractivity contribution >= 4 is 0 Å². The molecule has 0 aliphatic heterocycles. The number of hydrogen-bond donors (Lipinski definition) is 0. The first-order valence-corrected chi connectivity index (χ1v) is 7.47. The van der Waals surface area contributed by atoms with Gasteiger partial charge in [0, 0.05) is 11.5 Å². The van der Waals surface area contributed by atoms with Gasteiger partial charge in [-0.2, -0.15) is 5.26 Å². The second kappa shape index (κ2) is 7.67. The highest BCUT2D eigenvalue weighted by Gasteiger charge is 2.31. The average molecular weight is 276 g/mol. The van der Waals surface area contributed by atoms with Gasteiger partial charge < -0.3 is 9.64 Å². The minimum atomic E-state index is 0.0301. The van der Waals surface area contributed by atoms with Crippen molar-refractivity contribution in [3.8, 4) is 17.9 Å². The molecule has 3 unspecified atom stereocenters. The lowest BCUT2D eigenvalue weighted by Gasteiger charge is -2.35. The number of rotatable bonds is 4. The van der Waals surface area contributed by atoms with Gasteiger partial charge in [0.05, 0.1) is 18.6 Å². The van der Waals surface area contributed by atoms with Crippen molar-refractivity contribution in [3.05, 3.63) is 0 Å². The van der Waals surface area contributed by atoms with Crippen LogP contribution in [-0.2, 0) is 4.74 Å². The van der Waals surface area contributed by atoms with Crippen molar-refractivity contribution < 1.29 is 4.74 Å². The van der Waals surface area contributed by atoms with Crippen LogP contribution in [-0.4, -0.2) is 38.3 Å². The topological polar surface area (TPSA) is 36.3 Å². The van der Waals surface area contributed by atoms with E-state index in [1.54, 1.807) is 0 Å². The Morgan fingerprint density at radius 3 is 2.50 bits per heavy atom. The van der Waals surface area contributed by atoms with Crippen molar-refractivity contribution in [1.29, 1.82) is 5.26 Å². The van der Waals surface area contributed by atoms with Crippen LogP contribution in [0.15, 0.2) is 0 Å². The average Bonchev–Trinajstić information content (AvgIpc) is 2.36. The zero-order valence-electron chi connectivity index (χ0n) is 13.6. The molecule has 3 heteroatoms. The molecule has 0 heterocycles. The summed E-state index contributed by atoms with van der Waals surface area (Å²) in [7, 11) is 4.19. The van der Waals surface area contributed by atoms with Crippen LogP contribution < -0.4 is 0 Å². The summed E-state index contributed by atoms with van der Waals surface area (Å²) in [5, 5.41) is 9.32. The van der Waals surface area contributed by atoms with E-state index < -0.39 is 0 Å². The van der Waals surface area contributed by atoms with Crippen LogP contribution in [0.3, 0.4) is 0 Å². The fraction of sp³-hybridized carbons (Fsp3) is 0.824. The van der Waals surface area contributed by atoms with E-state index in [1.807, 2.05) is 0 Å². The molecular weight excluding hydrogens is 248 g/mol. The molecule has 0 bridgehead atoms. The maximum atomic E-state index is 9.32. The van der Waals surface area contributed by atoms with E-state index in [4.69, 9.17) is 4.74 Å². The maximum Gasteiger partial charge on any atom is 0.107 e. The summed E-state index contributed by atoms with van der Waals surface area (Å²) in [5.41, 5.74) is 0.0301. The zero-order valence-corrected chi connectivity index (χ0v) is 13.6. The number of ether oxygens (including phenoxy) is 1. The molecule has 3 atom stereocenters. The molecule has 0 spiro atoms. The first kappa shape index (κ1) is 17.0. The molecule has 1 aliphatic carbocycles. The highest BCUT2D eigenvalue weighted by molar-refractivity contribution is 5.07. The van der Waals surface area contributed by atoms with Gasteiger partial charge in [0.15, 0.2) is 0 Å². The largest absolute Gasteiger partial charge is 0.368 e. The molecular formula is C17H28N2O. The number of nitrogens with zero attached hydrogens (tertiary/aromatic N) is 2. The Morgan fingerprint density at radius 1 is 1.25 bits per heavy atom. The lowest BCUT2D eigenvalue weighted by Crippen LogP contribution is -2.37. The molecule has 1 aliphatic rings. The molecule has 0 aromatic rings. The van der Waals surface area contributed by atoms with Crippen molar-refractivity contribution in [2.45, 2.75) is 46.1 Å².